The third-order valence-corrected chi connectivity index (χ3v) is 23.0. The van der Waals surface area contributed by atoms with Crippen LogP contribution in [0.15, 0.2) is 358 Å². The van der Waals surface area contributed by atoms with E-state index in [1.807, 2.05) is 6.07 Å². The van der Waals surface area contributed by atoms with E-state index in [9.17, 15) is 0 Å². The van der Waals surface area contributed by atoms with Crippen LogP contribution in [0, 0.1) is 0 Å². The van der Waals surface area contributed by atoms with Gasteiger partial charge in [-0.15, -0.1) is 0 Å². The van der Waals surface area contributed by atoms with Crippen molar-refractivity contribution < 1.29 is 0 Å². The number of fused-ring (bicyclic) bond motifs is 16. The molecular weight excluding hydrogens is 1320 g/mol. The minimum absolute atomic E-state index is 0.436. The van der Waals surface area contributed by atoms with E-state index in [4.69, 9.17) is 29.9 Å². The van der Waals surface area contributed by atoms with Crippen molar-refractivity contribution in [3.05, 3.63) is 375 Å². The summed E-state index contributed by atoms with van der Waals surface area (Å²) in [4.78, 5) is 32.3. The van der Waals surface area contributed by atoms with Gasteiger partial charge in [0.25, 0.3) is 0 Å². The monoisotopic (exact) mass is 1380 g/mol. The van der Waals surface area contributed by atoms with Gasteiger partial charge in [0.05, 0.1) is 66.9 Å². The highest BCUT2D eigenvalue weighted by Crippen LogP contribution is 2.53. The first-order valence-corrected chi connectivity index (χ1v) is 37.4. The number of pyridine rings is 6. The third kappa shape index (κ3) is 10.4. The molecule has 15 aromatic carbocycles. The van der Waals surface area contributed by atoms with Gasteiger partial charge in [-0.2, -0.15) is 0 Å². The molecule has 1 unspecified atom stereocenters. The summed E-state index contributed by atoms with van der Waals surface area (Å²) < 4.78 is 0. The molecule has 0 bridgehead atoms. The molecule has 6 heterocycles. The van der Waals surface area contributed by atoms with Gasteiger partial charge in [-0.05, 0) is 186 Å². The molecule has 6 heteroatoms. The summed E-state index contributed by atoms with van der Waals surface area (Å²) in [5.41, 5.74) is 30.3. The van der Waals surface area contributed by atoms with Gasteiger partial charge >= 0.3 is 0 Å². The van der Waals surface area contributed by atoms with E-state index >= 15 is 0 Å². The minimum atomic E-state index is -0.436. The summed E-state index contributed by atoms with van der Waals surface area (Å²) in [5.74, 6) is 0. The summed E-state index contributed by atoms with van der Waals surface area (Å²) in [7, 11) is 0. The normalized spacial score (nSPS) is 13.4. The van der Waals surface area contributed by atoms with E-state index < -0.39 is 5.41 Å². The smallest absolute Gasteiger partial charge is 0.0975 e. The maximum atomic E-state index is 5.80. The van der Waals surface area contributed by atoms with Crippen LogP contribution < -0.4 is 0 Å². The van der Waals surface area contributed by atoms with E-state index in [0.29, 0.717) is 0 Å². The lowest BCUT2D eigenvalue weighted by atomic mass is 9.74. The van der Waals surface area contributed by atoms with Gasteiger partial charge in [-0.25, -0.2) is 29.9 Å². The summed E-state index contributed by atoms with van der Waals surface area (Å²) in [6.07, 6.45) is 0.718. The van der Waals surface area contributed by atoms with Crippen molar-refractivity contribution in [1.29, 1.82) is 0 Å². The molecular formula is C103H64N6. The average Bonchev–Trinajstić information content (AvgIpc) is 1.74. The lowest BCUT2D eigenvalue weighted by Crippen LogP contribution is -2.24. The predicted octanol–water partition coefficient (Wildman–Crippen LogP) is 26.5. The fraction of sp³-hybridized carbons (Fsp3) is 0.0291. The van der Waals surface area contributed by atoms with Crippen molar-refractivity contribution in [1.82, 2.24) is 29.9 Å². The molecule has 6 aromatic heterocycles. The minimum Gasteiger partial charge on any atom is -0.248 e. The molecule has 0 aliphatic heterocycles. The molecule has 6 nitrogen and oxygen atoms in total. The summed E-state index contributed by atoms with van der Waals surface area (Å²) in [5, 5.41) is 13.7. The van der Waals surface area contributed by atoms with Crippen LogP contribution in [0.3, 0.4) is 0 Å². The van der Waals surface area contributed by atoms with Crippen molar-refractivity contribution in [3.63, 3.8) is 0 Å². The number of aromatic nitrogens is 6. The fourth-order valence-corrected chi connectivity index (χ4v) is 17.6. The number of rotatable bonds is 10. The van der Waals surface area contributed by atoms with Crippen molar-refractivity contribution in [2.45, 2.75) is 18.8 Å². The average molecular weight is 1390 g/mol. The molecule has 109 heavy (non-hydrogen) atoms. The Kier molecular flexibility index (Phi) is 14.1. The number of nitrogens with zero attached hydrogens (tertiary/aromatic N) is 6. The molecule has 0 spiro atoms. The Labute approximate surface area is 628 Å². The molecule has 1 aliphatic carbocycles. The van der Waals surface area contributed by atoms with E-state index in [0.717, 1.165) is 178 Å². The number of hydrogen-bond acceptors (Lipinski definition) is 6. The quantitative estimate of drug-likeness (QED) is 0.100. The molecule has 0 radical (unpaired) electrons. The van der Waals surface area contributed by atoms with Crippen molar-refractivity contribution in [2.24, 2.45) is 0 Å². The van der Waals surface area contributed by atoms with Crippen LogP contribution in [-0.2, 0) is 11.8 Å². The van der Waals surface area contributed by atoms with Crippen LogP contribution in [-0.4, -0.2) is 29.9 Å². The largest absolute Gasteiger partial charge is 0.248 e. The Morgan fingerprint density at radius 3 is 1.39 bits per heavy atom. The van der Waals surface area contributed by atoms with Gasteiger partial charge in [0.1, 0.15) is 0 Å². The molecule has 0 N–H and O–H groups in total. The highest BCUT2D eigenvalue weighted by Gasteiger charge is 2.40. The zero-order valence-corrected chi connectivity index (χ0v) is 59.5. The Hall–Kier alpha value is -14.2. The molecule has 1 atom stereocenters. The Balaban J connectivity index is 0.623. The first-order valence-electron chi connectivity index (χ1n) is 37.4. The van der Waals surface area contributed by atoms with Crippen LogP contribution in [0.2, 0.25) is 0 Å². The highest BCUT2D eigenvalue weighted by molar-refractivity contribution is 6.15. The van der Waals surface area contributed by atoms with Crippen molar-refractivity contribution in [2.75, 3.05) is 0 Å². The zero-order chi connectivity index (χ0) is 71.8. The SMILES string of the molecule is CC1(Cc2cc3ccc(-c4ccc(-c5cc6ccccc6c6ccccc56)cc4)nc3c3nc(-c4cccc(-c5c6ccccc6nc6ccccc56)c4)ccc23)c2ccccc2-c2ccc(-c3cccc(-c4ccc5ccc6ccc(-c7ccc(-c8ccc9nc%10ccccc%10cc9c8)cc7)nc6c5n4)c3)cc21. The first-order chi connectivity index (χ1) is 53.8. The van der Waals surface area contributed by atoms with Crippen molar-refractivity contribution >= 4 is 109 Å². The van der Waals surface area contributed by atoms with E-state index in [1.54, 1.807) is 0 Å². The maximum Gasteiger partial charge on any atom is 0.0975 e. The second-order valence-electron chi connectivity index (χ2n) is 29.4. The van der Waals surface area contributed by atoms with Crippen LogP contribution in [0.5, 0.6) is 0 Å². The molecule has 0 saturated heterocycles. The van der Waals surface area contributed by atoms with Crippen LogP contribution in [0.4, 0.5) is 0 Å². The Morgan fingerprint density at radius 1 is 0.211 bits per heavy atom. The highest BCUT2D eigenvalue weighted by atomic mass is 14.8. The maximum absolute atomic E-state index is 5.80. The van der Waals surface area contributed by atoms with Gasteiger partial charge in [-0.1, -0.05) is 274 Å². The lowest BCUT2D eigenvalue weighted by Gasteiger charge is -2.29. The number of hydrogen-bond donors (Lipinski definition) is 0. The fourth-order valence-electron chi connectivity index (χ4n) is 17.6. The molecule has 1 aliphatic rings. The lowest BCUT2D eigenvalue weighted by molar-refractivity contribution is 0.585. The second-order valence-corrected chi connectivity index (χ2v) is 29.4. The van der Waals surface area contributed by atoms with Gasteiger partial charge in [0, 0.05) is 76.3 Å². The van der Waals surface area contributed by atoms with Gasteiger partial charge in [-0.3, -0.25) is 0 Å². The predicted molar refractivity (Wildman–Crippen MR) is 454 cm³/mol. The molecule has 21 aromatic rings. The summed E-state index contributed by atoms with van der Waals surface area (Å²) >= 11 is 0. The third-order valence-electron chi connectivity index (χ3n) is 23.0. The molecule has 506 valence electrons. The van der Waals surface area contributed by atoms with Crippen LogP contribution in [0.25, 0.3) is 209 Å². The molecule has 0 fully saturated rings. The van der Waals surface area contributed by atoms with E-state index in [-0.39, 0.29) is 0 Å². The van der Waals surface area contributed by atoms with Crippen LogP contribution in [0.1, 0.15) is 23.6 Å². The summed E-state index contributed by atoms with van der Waals surface area (Å²) in [6, 6.07) is 130. The second kappa shape index (κ2) is 24.7. The van der Waals surface area contributed by atoms with Gasteiger partial charge in [0.15, 0.2) is 0 Å². The standard InChI is InChI=1S/C103H64N6/c1-103(88-28-10-7-25-83(88)84-47-42-70(60-89(84)103)68-18-14-19-73(54-68)93-50-44-67-41-40-66-43-49-91(106-99(66)100(67)108-93)64-36-32-62(33-37-64)69-45-51-95-77(55-69)57-72-17-3-11-29-90(72)104-95)61-78-58-76-46-52-92(65-38-34-63(35-39-65)87-59-71-16-2-4-22-79(71)81-23-5-6-24-82(81)87)107-101(76)102-80(78)48-53-94(109-102)74-20-15-21-75(56-74)98-85-26-8-12-30-96(85)105-97-31-13-9-27-86(97)98/h2-60H,61H2,1H3. The van der Waals surface area contributed by atoms with E-state index in [1.165, 1.54) is 54.9 Å². The molecule has 22 rings (SSSR count). The Bertz CT molecular complexity index is 7350. The first kappa shape index (κ1) is 62.2. The molecule has 0 amide bonds. The molecule has 0 saturated carbocycles. The van der Waals surface area contributed by atoms with Gasteiger partial charge in [0.2, 0.25) is 0 Å². The van der Waals surface area contributed by atoms with Gasteiger partial charge < -0.3 is 0 Å². The number of para-hydroxylation sites is 3. The zero-order valence-electron chi connectivity index (χ0n) is 59.5. The number of benzene rings is 15. The van der Waals surface area contributed by atoms with E-state index in [2.05, 4.69) is 359 Å². The summed E-state index contributed by atoms with van der Waals surface area (Å²) in [6.45, 7) is 2.45. The topological polar surface area (TPSA) is 77.3 Å². The Morgan fingerprint density at radius 2 is 0.679 bits per heavy atom. The van der Waals surface area contributed by atoms with Crippen LogP contribution >= 0.6 is 0 Å². The van der Waals surface area contributed by atoms with Crippen molar-refractivity contribution in [3.8, 4) is 101 Å².